The Kier molecular flexibility index (Phi) is 14.6. The normalized spacial score (nSPS) is 6.83. The van der Waals surface area contributed by atoms with E-state index in [1.807, 2.05) is 0 Å². The van der Waals surface area contributed by atoms with Crippen molar-refractivity contribution in [1.82, 2.24) is 0 Å². The summed E-state index contributed by atoms with van der Waals surface area (Å²) in [4.78, 5) is 14.3. The van der Waals surface area contributed by atoms with Gasteiger partial charge in [0.25, 0.3) is 0 Å². The summed E-state index contributed by atoms with van der Waals surface area (Å²) in [6.45, 7) is 0. The van der Waals surface area contributed by atoms with E-state index in [0.29, 0.717) is 0 Å². The lowest BCUT2D eigenvalue weighted by molar-refractivity contribution is 0.405. The highest BCUT2D eigenvalue weighted by Crippen LogP contribution is 1.98. The maximum Gasteiger partial charge on any atom is 0.314 e. The van der Waals surface area contributed by atoms with Crippen LogP contribution in [0.4, 0.5) is 0 Å². The molecule has 0 heterocycles. The van der Waals surface area contributed by atoms with Gasteiger partial charge in [-0.2, -0.15) is 0 Å². The minimum Gasteiger partial charge on any atom is -0.326 e. The van der Waals surface area contributed by atoms with Gasteiger partial charge in [-0.1, -0.05) is 0 Å². The molecule has 0 rings (SSSR count). The number of hydrogen-bond donors (Lipinski definition) is 2. The second-order valence-electron chi connectivity index (χ2n) is 0.283. The summed E-state index contributed by atoms with van der Waals surface area (Å²) in [6.07, 6.45) is 1.47. The Balaban J connectivity index is 0. The third-order valence-corrected chi connectivity index (χ3v) is 0. The van der Waals surface area contributed by atoms with E-state index in [1.54, 1.807) is 0 Å². The molecule has 0 spiro atoms. The molecular weight excluding hydrogens is 126 g/mol. The topological polar surface area (TPSA) is 57.5 Å². The van der Waals surface area contributed by atoms with Gasteiger partial charge in [-0.15, -0.1) is 11.6 Å². The Morgan fingerprint density at radius 3 is 1.50 bits per heavy atom. The van der Waals surface area contributed by atoms with Gasteiger partial charge < -0.3 is 9.79 Å². The van der Waals surface area contributed by atoms with Crippen LogP contribution in [0.2, 0.25) is 0 Å². The van der Waals surface area contributed by atoms with Crippen LogP contribution in [0.25, 0.3) is 0 Å². The standard InChI is InChI=1S/CH3Cl.H3O3P/c1-2;1-4(2)3/h1H3;4H,(H2,1,2,3). The second-order valence-corrected chi connectivity index (χ2v) is 0.848. The molecule has 0 aliphatic heterocycles. The molecule has 0 fully saturated rings. The zero-order valence-corrected chi connectivity index (χ0v) is 4.94. The van der Waals surface area contributed by atoms with Gasteiger partial charge in [0.05, 0.1) is 0 Å². The first-order chi connectivity index (χ1) is 2.73. The Morgan fingerprint density at radius 1 is 1.50 bits per heavy atom. The van der Waals surface area contributed by atoms with Crippen molar-refractivity contribution in [3.63, 3.8) is 0 Å². The van der Waals surface area contributed by atoms with Crippen molar-refractivity contribution in [2.45, 2.75) is 0 Å². The molecule has 0 aromatic carbocycles. The zero-order valence-electron chi connectivity index (χ0n) is 3.18. The summed E-state index contributed by atoms with van der Waals surface area (Å²) in [5.41, 5.74) is 0. The molecule has 0 amide bonds. The van der Waals surface area contributed by atoms with Gasteiger partial charge in [0.1, 0.15) is 0 Å². The van der Waals surface area contributed by atoms with Crippen molar-refractivity contribution in [2.24, 2.45) is 0 Å². The Bertz CT molecular complexity index is 33.8. The largest absolute Gasteiger partial charge is 0.326 e. The van der Waals surface area contributed by atoms with Crippen LogP contribution in [0.5, 0.6) is 0 Å². The van der Waals surface area contributed by atoms with Gasteiger partial charge in [0.2, 0.25) is 0 Å². The van der Waals surface area contributed by atoms with E-state index in [-0.39, 0.29) is 0 Å². The van der Waals surface area contributed by atoms with Gasteiger partial charge in [-0.05, 0) is 0 Å². The first kappa shape index (κ1) is 9.67. The summed E-state index contributed by atoms with van der Waals surface area (Å²) in [7, 11) is -3.13. The molecule has 6 heavy (non-hydrogen) atoms. The van der Waals surface area contributed by atoms with Crippen LogP contribution in [-0.2, 0) is 4.57 Å². The highest BCUT2D eigenvalue weighted by molar-refractivity contribution is 7.30. The lowest BCUT2D eigenvalue weighted by atomic mass is 12.0. The molecule has 0 aromatic rings. The quantitative estimate of drug-likeness (QED) is 0.366. The molecule has 0 saturated carbocycles. The summed E-state index contributed by atoms with van der Waals surface area (Å²) >= 11 is 4.64. The van der Waals surface area contributed by atoms with E-state index in [4.69, 9.17) is 14.4 Å². The van der Waals surface area contributed by atoms with Gasteiger partial charge in [-0.25, -0.2) is 0 Å². The third-order valence-electron chi connectivity index (χ3n) is 0. The Morgan fingerprint density at radius 2 is 1.50 bits per heavy atom. The van der Waals surface area contributed by atoms with Gasteiger partial charge in [-0.3, -0.25) is 4.57 Å². The molecule has 0 aliphatic carbocycles. The summed E-state index contributed by atoms with van der Waals surface area (Å²) in [5, 5.41) is 0. The van der Waals surface area contributed by atoms with E-state index >= 15 is 0 Å². The number of alkyl halides is 1. The molecular formula is CH6ClO3P. The van der Waals surface area contributed by atoms with Crippen LogP contribution in [0.3, 0.4) is 0 Å². The molecule has 2 N–H and O–H groups in total. The molecule has 0 bridgehead atoms. The zero-order chi connectivity index (χ0) is 5.58. The summed E-state index contributed by atoms with van der Waals surface area (Å²) in [6, 6.07) is 0. The number of rotatable bonds is 0. The third kappa shape index (κ3) is 271. The Labute approximate surface area is 41.5 Å². The van der Waals surface area contributed by atoms with Crippen molar-refractivity contribution in [2.75, 3.05) is 6.38 Å². The predicted octanol–water partition coefficient (Wildman–Crippen LogP) is 0.216. The smallest absolute Gasteiger partial charge is 0.314 e. The second kappa shape index (κ2) is 9.06. The lowest BCUT2D eigenvalue weighted by Crippen LogP contribution is -1.38. The van der Waals surface area contributed by atoms with Crippen molar-refractivity contribution < 1.29 is 14.4 Å². The lowest BCUT2D eigenvalue weighted by Gasteiger charge is -1.61. The van der Waals surface area contributed by atoms with Crippen molar-refractivity contribution in [3.05, 3.63) is 0 Å². The van der Waals surface area contributed by atoms with E-state index in [2.05, 4.69) is 11.6 Å². The number of hydrogen-bond acceptors (Lipinski definition) is 1. The van der Waals surface area contributed by atoms with Gasteiger partial charge in [0, 0.05) is 6.38 Å². The fraction of sp³-hybridized carbons (Fsp3) is 1.00. The van der Waals surface area contributed by atoms with Crippen LogP contribution in [0.15, 0.2) is 0 Å². The summed E-state index contributed by atoms with van der Waals surface area (Å²) < 4.78 is 8.74. The molecule has 0 radical (unpaired) electrons. The van der Waals surface area contributed by atoms with Crippen molar-refractivity contribution in [3.8, 4) is 0 Å². The average molecular weight is 132 g/mol. The highest BCUT2D eigenvalue weighted by Gasteiger charge is 1.61. The maximum atomic E-state index is 8.74. The minimum atomic E-state index is -3.13. The molecule has 5 heteroatoms. The first-order valence-corrected chi connectivity index (χ1v) is 3.09. The van der Waals surface area contributed by atoms with Crippen molar-refractivity contribution in [1.29, 1.82) is 0 Å². The molecule has 40 valence electrons. The van der Waals surface area contributed by atoms with Crippen LogP contribution in [0, 0.1) is 0 Å². The molecule has 0 aliphatic rings. The fourth-order valence-corrected chi connectivity index (χ4v) is 0. The van der Waals surface area contributed by atoms with E-state index in [0.717, 1.165) is 0 Å². The molecule has 0 aromatic heterocycles. The number of halogens is 1. The predicted molar refractivity (Wildman–Crippen MR) is 25.2 cm³/mol. The summed E-state index contributed by atoms with van der Waals surface area (Å²) in [5.74, 6) is 0. The van der Waals surface area contributed by atoms with Crippen LogP contribution in [-0.4, -0.2) is 16.2 Å². The van der Waals surface area contributed by atoms with Gasteiger partial charge in [0.15, 0.2) is 0 Å². The molecule has 0 saturated heterocycles. The SMILES string of the molecule is CCl.O=[PH](O)O. The van der Waals surface area contributed by atoms with Crippen LogP contribution in [0.1, 0.15) is 0 Å². The average Bonchev–Trinajstić information content (AvgIpc) is 1.41. The minimum absolute atomic E-state index is 1.47. The van der Waals surface area contributed by atoms with Crippen LogP contribution >= 0.6 is 19.9 Å². The monoisotopic (exact) mass is 132 g/mol. The molecule has 0 atom stereocenters. The fourth-order valence-electron chi connectivity index (χ4n) is 0. The molecule has 0 unspecified atom stereocenters. The van der Waals surface area contributed by atoms with E-state index in [1.165, 1.54) is 6.38 Å². The molecule has 3 nitrogen and oxygen atoms in total. The van der Waals surface area contributed by atoms with E-state index in [9.17, 15) is 0 Å². The Hall–Kier alpha value is 0.440. The van der Waals surface area contributed by atoms with E-state index < -0.39 is 8.25 Å². The maximum absolute atomic E-state index is 8.74. The van der Waals surface area contributed by atoms with Gasteiger partial charge >= 0.3 is 8.25 Å². The first-order valence-electron chi connectivity index (χ1n) is 1.03. The highest BCUT2D eigenvalue weighted by atomic mass is 35.5. The van der Waals surface area contributed by atoms with Crippen LogP contribution < -0.4 is 0 Å². The van der Waals surface area contributed by atoms with Crippen molar-refractivity contribution >= 4 is 19.9 Å².